The van der Waals surface area contributed by atoms with Gasteiger partial charge < -0.3 is 0 Å². The number of carbonyl (C=O) groups excluding carboxylic acids is 1. The van der Waals surface area contributed by atoms with E-state index in [1.54, 1.807) is 6.92 Å². The second kappa shape index (κ2) is 3.22. The minimum absolute atomic E-state index is 0.184. The molecule has 0 aliphatic rings. The van der Waals surface area contributed by atoms with E-state index in [0.29, 0.717) is 4.48 Å². The standard InChI is InChI=1S/C6H13NOS/c1-6(8)7(2,3)4-5-9/h4-5H2,1-3H3/p+1. The van der Waals surface area contributed by atoms with Crippen molar-refractivity contribution in [3.63, 3.8) is 0 Å². The fraction of sp³-hybridized carbons (Fsp3) is 0.833. The van der Waals surface area contributed by atoms with Crippen molar-refractivity contribution < 1.29 is 9.28 Å². The molecule has 0 rings (SSSR count). The molecule has 0 saturated carbocycles. The molecule has 54 valence electrons. The number of quaternary nitrogens is 1. The van der Waals surface area contributed by atoms with Crippen molar-refractivity contribution in [2.75, 3.05) is 26.4 Å². The van der Waals surface area contributed by atoms with Gasteiger partial charge in [0.2, 0.25) is 0 Å². The first-order valence-corrected chi connectivity index (χ1v) is 3.59. The van der Waals surface area contributed by atoms with Crippen LogP contribution in [0, 0.1) is 0 Å². The zero-order chi connectivity index (χ0) is 7.49. The average Bonchev–Trinajstić information content (AvgIpc) is 1.65. The fourth-order valence-corrected chi connectivity index (χ4v) is 0.907. The second-order valence-corrected chi connectivity index (χ2v) is 3.10. The Balaban J connectivity index is 3.85. The molecule has 0 aromatic rings. The smallest absolute Gasteiger partial charge is 0.265 e. The van der Waals surface area contributed by atoms with Crippen molar-refractivity contribution in [2.45, 2.75) is 6.92 Å². The monoisotopic (exact) mass is 148 g/mol. The van der Waals surface area contributed by atoms with E-state index >= 15 is 0 Å². The molecule has 0 unspecified atom stereocenters. The van der Waals surface area contributed by atoms with Crippen molar-refractivity contribution in [3.8, 4) is 0 Å². The lowest BCUT2D eigenvalue weighted by Crippen LogP contribution is -2.45. The summed E-state index contributed by atoms with van der Waals surface area (Å²) < 4.78 is 0.434. The molecule has 0 aromatic heterocycles. The van der Waals surface area contributed by atoms with E-state index in [1.807, 2.05) is 14.1 Å². The van der Waals surface area contributed by atoms with Crippen molar-refractivity contribution in [1.29, 1.82) is 0 Å². The SMILES string of the molecule is CC(=O)[N+](C)(C)CCS. The van der Waals surface area contributed by atoms with E-state index in [2.05, 4.69) is 12.6 Å². The molecule has 9 heavy (non-hydrogen) atoms. The van der Waals surface area contributed by atoms with Crippen LogP contribution in [0.1, 0.15) is 6.92 Å². The number of carbonyl (C=O) groups is 1. The number of hydrogen-bond donors (Lipinski definition) is 1. The van der Waals surface area contributed by atoms with E-state index in [4.69, 9.17) is 0 Å². The molecule has 0 aliphatic carbocycles. The first kappa shape index (κ1) is 8.98. The Morgan fingerprint density at radius 3 is 2.11 bits per heavy atom. The van der Waals surface area contributed by atoms with Crippen LogP contribution in [0.15, 0.2) is 0 Å². The largest absolute Gasteiger partial charge is 0.310 e. The first-order valence-electron chi connectivity index (χ1n) is 2.95. The van der Waals surface area contributed by atoms with Crippen LogP contribution in [0.4, 0.5) is 0 Å². The van der Waals surface area contributed by atoms with Gasteiger partial charge in [0.25, 0.3) is 0 Å². The van der Waals surface area contributed by atoms with Crippen LogP contribution in [0.3, 0.4) is 0 Å². The molecular formula is C6H14NOS+. The normalized spacial score (nSPS) is 11.6. The average molecular weight is 148 g/mol. The fourth-order valence-electron chi connectivity index (χ4n) is 0.407. The number of thiol groups is 1. The predicted octanol–water partition coefficient (Wildman–Crippen LogP) is 0.539. The molecule has 2 nitrogen and oxygen atoms in total. The highest BCUT2D eigenvalue weighted by molar-refractivity contribution is 7.80. The number of hydrogen-bond acceptors (Lipinski definition) is 2. The van der Waals surface area contributed by atoms with Gasteiger partial charge in [0.05, 0.1) is 27.6 Å². The van der Waals surface area contributed by atoms with Crippen LogP contribution >= 0.6 is 12.6 Å². The van der Waals surface area contributed by atoms with E-state index in [0.717, 1.165) is 12.3 Å². The molecule has 1 amide bonds. The molecule has 3 heteroatoms. The molecule has 0 radical (unpaired) electrons. The molecule has 0 atom stereocenters. The third-order valence-electron chi connectivity index (χ3n) is 1.51. The second-order valence-electron chi connectivity index (χ2n) is 2.65. The van der Waals surface area contributed by atoms with Crippen molar-refractivity contribution in [2.24, 2.45) is 0 Å². The molecule has 0 aliphatic heterocycles. The number of amides is 1. The Morgan fingerprint density at radius 1 is 1.56 bits per heavy atom. The van der Waals surface area contributed by atoms with E-state index in [-0.39, 0.29) is 5.91 Å². The molecule has 0 N–H and O–H groups in total. The number of nitrogens with zero attached hydrogens (tertiary/aromatic N) is 1. The highest BCUT2D eigenvalue weighted by atomic mass is 32.1. The lowest BCUT2D eigenvalue weighted by atomic mass is 10.4. The highest BCUT2D eigenvalue weighted by Crippen LogP contribution is 1.97. The van der Waals surface area contributed by atoms with Gasteiger partial charge in [-0.2, -0.15) is 12.6 Å². The molecule has 0 aromatic carbocycles. The molecule has 0 heterocycles. The summed E-state index contributed by atoms with van der Waals surface area (Å²) in [5, 5.41) is 0. The summed E-state index contributed by atoms with van der Waals surface area (Å²) in [5.41, 5.74) is 0. The maximum atomic E-state index is 10.8. The Morgan fingerprint density at radius 2 is 2.00 bits per heavy atom. The predicted molar refractivity (Wildman–Crippen MR) is 41.5 cm³/mol. The molecule has 0 fully saturated rings. The van der Waals surface area contributed by atoms with Crippen LogP contribution < -0.4 is 0 Å². The molecular weight excluding hydrogens is 134 g/mol. The van der Waals surface area contributed by atoms with Crippen molar-refractivity contribution in [3.05, 3.63) is 0 Å². The number of rotatable bonds is 2. The minimum Gasteiger partial charge on any atom is -0.265 e. The Kier molecular flexibility index (Phi) is 3.22. The summed E-state index contributed by atoms with van der Waals surface area (Å²) in [6.07, 6.45) is 0. The highest BCUT2D eigenvalue weighted by Gasteiger charge is 2.19. The summed E-state index contributed by atoms with van der Waals surface area (Å²) in [4.78, 5) is 10.8. The van der Waals surface area contributed by atoms with Gasteiger partial charge in [-0.25, -0.2) is 4.79 Å². The van der Waals surface area contributed by atoms with E-state index in [1.165, 1.54) is 0 Å². The first-order chi connectivity index (χ1) is 4.00. The zero-order valence-electron chi connectivity index (χ0n) is 6.22. The summed E-state index contributed by atoms with van der Waals surface area (Å²) in [6.45, 7) is 2.40. The van der Waals surface area contributed by atoms with Crippen molar-refractivity contribution in [1.82, 2.24) is 0 Å². The van der Waals surface area contributed by atoms with Gasteiger partial charge in [0, 0.05) is 5.75 Å². The van der Waals surface area contributed by atoms with Gasteiger partial charge in [0.1, 0.15) is 0 Å². The van der Waals surface area contributed by atoms with Crippen LogP contribution in [-0.4, -0.2) is 36.8 Å². The zero-order valence-corrected chi connectivity index (χ0v) is 7.11. The summed E-state index contributed by atoms with van der Waals surface area (Å²) in [7, 11) is 3.77. The van der Waals surface area contributed by atoms with Gasteiger partial charge >= 0.3 is 5.91 Å². The third kappa shape index (κ3) is 2.87. The Labute approximate surface area is 61.9 Å². The van der Waals surface area contributed by atoms with Gasteiger partial charge in [-0.1, -0.05) is 0 Å². The van der Waals surface area contributed by atoms with Crippen molar-refractivity contribution >= 4 is 18.5 Å². The Hall–Kier alpha value is -0.0200. The summed E-state index contributed by atoms with van der Waals surface area (Å²) in [6, 6.07) is 0. The Bertz CT molecular complexity index is 112. The molecule has 0 saturated heterocycles. The lowest BCUT2D eigenvalue weighted by Gasteiger charge is -2.23. The van der Waals surface area contributed by atoms with Gasteiger partial charge in [-0.05, 0) is 0 Å². The van der Waals surface area contributed by atoms with Crippen LogP contribution in [0.5, 0.6) is 0 Å². The molecule has 0 bridgehead atoms. The lowest BCUT2D eigenvalue weighted by molar-refractivity contribution is -0.810. The van der Waals surface area contributed by atoms with Crippen LogP contribution in [0.25, 0.3) is 0 Å². The summed E-state index contributed by atoms with van der Waals surface area (Å²) in [5.74, 6) is 0.941. The molecule has 0 spiro atoms. The van der Waals surface area contributed by atoms with Crippen LogP contribution in [-0.2, 0) is 4.79 Å². The van der Waals surface area contributed by atoms with E-state index < -0.39 is 0 Å². The maximum absolute atomic E-state index is 10.8. The topological polar surface area (TPSA) is 17.1 Å². The third-order valence-corrected chi connectivity index (χ3v) is 1.71. The van der Waals surface area contributed by atoms with Gasteiger partial charge in [0.15, 0.2) is 0 Å². The maximum Gasteiger partial charge on any atom is 0.310 e. The minimum atomic E-state index is 0.184. The van der Waals surface area contributed by atoms with Gasteiger partial charge in [-0.15, -0.1) is 0 Å². The van der Waals surface area contributed by atoms with E-state index in [9.17, 15) is 4.79 Å². The quantitative estimate of drug-likeness (QED) is 0.447. The van der Waals surface area contributed by atoms with Gasteiger partial charge in [-0.3, -0.25) is 4.48 Å². The summed E-state index contributed by atoms with van der Waals surface area (Å²) >= 11 is 4.04. The van der Waals surface area contributed by atoms with Crippen LogP contribution in [0.2, 0.25) is 0 Å².